The lowest BCUT2D eigenvalue weighted by Crippen LogP contribution is -2.27. The van der Waals surface area contributed by atoms with E-state index in [9.17, 15) is 5.11 Å². The Morgan fingerprint density at radius 3 is 2.83 bits per heavy atom. The van der Waals surface area contributed by atoms with Crippen molar-refractivity contribution in [3.05, 3.63) is 59.8 Å². The minimum absolute atomic E-state index is 0.432. The van der Waals surface area contributed by atoms with Crippen molar-refractivity contribution in [2.75, 3.05) is 31.5 Å². The third-order valence-corrected chi connectivity index (χ3v) is 4.45. The molecule has 1 aromatic carbocycles. The molecule has 124 valence electrons. The van der Waals surface area contributed by atoms with E-state index in [1.54, 1.807) is 12.3 Å². The van der Waals surface area contributed by atoms with Crippen LogP contribution >= 0.6 is 0 Å². The highest BCUT2D eigenvalue weighted by Crippen LogP contribution is 2.21. The summed E-state index contributed by atoms with van der Waals surface area (Å²) in [5, 5.41) is 22.4. The van der Waals surface area contributed by atoms with Crippen molar-refractivity contribution in [1.82, 2.24) is 9.88 Å². The minimum atomic E-state index is -0.432. The fourth-order valence-corrected chi connectivity index (χ4v) is 3.08. The highest BCUT2D eigenvalue weighted by atomic mass is 16.3. The van der Waals surface area contributed by atoms with Gasteiger partial charge < -0.3 is 15.3 Å². The number of hydrogen-bond acceptors (Lipinski definition) is 5. The summed E-state index contributed by atoms with van der Waals surface area (Å²) in [5.41, 5.74) is 1.54. The summed E-state index contributed by atoms with van der Waals surface area (Å²) in [7, 11) is 0. The molecule has 1 aromatic heterocycles. The van der Waals surface area contributed by atoms with Crippen molar-refractivity contribution >= 4 is 5.82 Å². The summed E-state index contributed by atoms with van der Waals surface area (Å²) in [5.74, 6) is 1.35. The van der Waals surface area contributed by atoms with Crippen LogP contribution in [0.3, 0.4) is 0 Å². The molecule has 3 rings (SSSR count). The molecule has 0 bridgehead atoms. The molecule has 1 fully saturated rings. The predicted octanol–water partition coefficient (Wildman–Crippen LogP) is 2.42. The standard InChI is InChI=1S/C19H22N4O/c20-10-15-6-7-19(21-11-15)22-12-16-8-9-23(13-16)14-18(24)17-4-2-1-3-5-17/h1-7,11,16,18,24H,8-9,12-14H2,(H,21,22)/t16-,18-/m1/s1. The van der Waals surface area contributed by atoms with E-state index in [0.717, 1.165) is 37.4 Å². The largest absolute Gasteiger partial charge is 0.387 e. The molecule has 1 aliphatic rings. The molecule has 0 spiro atoms. The van der Waals surface area contributed by atoms with E-state index in [1.807, 2.05) is 36.4 Å². The van der Waals surface area contributed by atoms with Crippen LogP contribution in [-0.2, 0) is 0 Å². The lowest BCUT2D eigenvalue weighted by molar-refractivity contribution is 0.124. The summed E-state index contributed by atoms with van der Waals surface area (Å²) in [6, 6.07) is 15.5. The molecule has 2 heterocycles. The monoisotopic (exact) mass is 322 g/mol. The molecule has 0 amide bonds. The van der Waals surface area contributed by atoms with Crippen molar-refractivity contribution in [3.8, 4) is 6.07 Å². The second-order valence-corrected chi connectivity index (χ2v) is 6.27. The fraction of sp³-hybridized carbons (Fsp3) is 0.368. The Hall–Kier alpha value is -2.42. The van der Waals surface area contributed by atoms with Crippen molar-refractivity contribution in [1.29, 1.82) is 5.26 Å². The van der Waals surface area contributed by atoms with Crippen molar-refractivity contribution < 1.29 is 5.11 Å². The normalized spacial score (nSPS) is 18.9. The maximum Gasteiger partial charge on any atom is 0.125 e. The molecular weight excluding hydrogens is 300 g/mol. The average molecular weight is 322 g/mol. The van der Waals surface area contributed by atoms with E-state index < -0.39 is 6.10 Å². The van der Waals surface area contributed by atoms with Crippen LogP contribution in [0, 0.1) is 17.2 Å². The van der Waals surface area contributed by atoms with Crippen LogP contribution in [0.1, 0.15) is 23.7 Å². The van der Waals surface area contributed by atoms with Gasteiger partial charge in [0.05, 0.1) is 11.7 Å². The summed E-state index contributed by atoms with van der Waals surface area (Å²) < 4.78 is 0. The maximum absolute atomic E-state index is 10.3. The Balaban J connectivity index is 1.44. The molecule has 1 saturated heterocycles. The van der Waals surface area contributed by atoms with Gasteiger partial charge in [0.25, 0.3) is 0 Å². The lowest BCUT2D eigenvalue weighted by atomic mass is 10.1. The zero-order valence-corrected chi connectivity index (χ0v) is 13.6. The van der Waals surface area contributed by atoms with Crippen LogP contribution in [0.5, 0.6) is 0 Å². The molecule has 2 atom stereocenters. The molecule has 0 saturated carbocycles. The van der Waals surface area contributed by atoms with Gasteiger partial charge in [0.1, 0.15) is 11.9 Å². The Bertz CT molecular complexity index is 681. The van der Waals surface area contributed by atoms with Crippen LogP contribution in [-0.4, -0.2) is 41.2 Å². The number of pyridine rings is 1. The lowest BCUT2D eigenvalue weighted by Gasteiger charge is -2.20. The van der Waals surface area contributed by atoms with E-state index in [-0.39, 0.29) is 0 Å². The number of hydrogen-bond donors (Lipinski definition) is 2. The number of benzene rings is 1. The molecular formula is C19H22N4O. The van der Waals surface area contributed by atoms with E-state index in [1.165, 1.54) is 0 Å². The van der Waals surface area contributed by atoms with E-state index in [2.05, 4.69) is 21.3 Å². The van der Waals surface area contributed by atoms with Gasteiger partial charge in [-0.2, -0.15) is 5.26 Å². The summed E-state index contributed by atoms with van der Waals surface area (Å²) in [4.78, 5) is 6.55. The number of nitriles is 1. The van der Waals surface area contributed by atoms with Gasteiger partial charge in [-0.05, 0) is 36.6 Å². The van der Waals surface area contributed by atoms with E-state index in [0.29, 0.717) is 18.0 Å². The first-order chi connectivity index (χ1) is 11.7. The zero-order chi connectivity index (χ0) is 16.8. The van der Waals surface area contributed by atoms with Gasteiger partial charge in [-0.3, -0.25) is 0 Å². The SMILES string of the molecule is N#Cc1ccc(NC[C@H]2CCN(C[C@@H](O)c3ccccc3)C2)nc1. The molecule has 2 N–H and O–H groups in total. The quantitative estimate of drug-likeness (QED) is 0.854. The third-order valence-electron chi connectivity index (χ3n) is 4.45. The Labute approximate surface area is 142 Å². The van der Waals surface area contributed by atoms with Gasteiger partial charge >= 0.3 is 0 Å². The van der Waals surface area contributed by atoms with Gasteiger partial charge in [-0.25, -0.2) is 4.98 Å². The second-order valence-electron chi connectivity index (χ2n) is 6.27. The Morgan fingerprint density at radius 2 is 2.12 bits per heavy atom. The van der Waals surface area contributed by atoms with Crippen LogP contribution < -0.4 is 5.32 Å². The number of nitrogens with one attached hydrogen (secondary N) is 1. The van der Waals surface area contributed by atoms with Gasteiger partial charge in [-0.15, -0.1) is 0 Å². The minimum Gasteiger partial charge on any atom is -0.387 e. The third kappa shape index (κ3) is 4.31. The van der Waals surface area contributed by atoms with Crippen LogP contribution in [0.25, 0.3) is 0 Å². The molecule has 0 aliphatic carbocycles. The van der Waals surface area contributed by atoms with E-state index in [4.69, 9.17) is 5.26 Å². The van der Waals surface area contributed by atoms with Gasteiger partial charge in [0.2, 0.25) is 0 Å². The van der Waals surface area contributed by atoms with E-state index >= 15 is 0 Å². The Morgan fingerprint density at radius 1 is 1.29 bits per heavy atom. The zero-order valence-electron chi connectivity index (χ0n) is 13.6. The summed E-state index contributed by atoms with van der Waals surface area (Å²) in [6.45, 7) is 3.52. The number of nitrogens with zero attached hydrogens (tertiary/aromatic N) is 3. The average Bonchev–Trinajstić information content (AvgIpc) is 3.08. The van der Waals surface area contributed by atoms with Crippen molar-refractivity contribution in [3.63, 3.8) is 0 Å². The van der Waals surface area contributed by atoms with Crippen molar-refractivity contribution in [2.45, 2.75) is 12.5 Å². The summed E-state index contributed by atoms with van der Waals surface area (Å²) >= 11 is 0. The van der Waals surface area contributed by atoms with Crippen LogP contribution in [0.15, 0.2) is 48.7 Å². The smallest absolute Gasteiger partial charge is 0.125 e. The summed E-state index contributed by atoms with van der Waals surface area (Å²) in [6.07, 6.45) is 2.27. The molecule has 0 radical (unpaired) electrons. The molecule has 0 unspecified atom stereocenters. The van der Waals surface area contributed by atoms with Gasteiger partial charge in [-0.1, -0.05) is 30.3 Å². The highest BCUT2D eigenvalue weighted by molar-refractivity contribution is 5.38. The second kappa shape index (κ2) is 7.91. The number of aliphatic hydroxyl groups excluding tert-OH is 1. The predicted molar refractivity (Wildman–Crippen MR) is 93.4 cm³/mol. The Kier molecular flexibility index (Phi) is 5.42. The number of β-amino-alcohol motifs (C(OH)–C–C–N with tert-alkyl or cyclic N) is 1. The fourth-order valence-electron chi connectivity index (χ4n) is 3.08. The molecule has 5 nitrogen and oxygen atoms in total. The topological polar surface area (TPSA) is 72.2 Å². The molecule has 5 heteroatoms. The number of aromatic nitrogens is 1. The van der Waals surface area contributed by atoms with Crippen LogP contribution in [0.2, 0.25) is 0 Å². The van der Waals surface area contributed by atoms with Gasteiger partial charge in [0.15, 0.2) is 0 Å². The first-order valence-electron chi connectivity index (χ1n) is 8.30. The highest BCUT2D eigenvalue weighted by Gasteiger charge is 2.24. The maximum atomic E-state index is 10.3. The molecule has 2 aromatic rings. The number of aliphatic hydroxyl groups is 1. The van der Waals surface area contributed by atoms with Gasteiger partial charge in [0, 0.05) is 25.8 Å². The number of likely N-dealkylation sites (tertiary alicyclic amines) is 1. The molecule has 24 heavy (non-hydrogen) atoms. The first kappa shape index (κ1) is 16.4. The van der Waals surface area contributed by atoms with Crippen LogP contribution in [0.4, 0.5) is 5.82 Å². The first-order valence-corrected chi connectivity index (χ1v) is 8.30. The molecule has 1 aliphatic heterocycles. The number of rotatable bonds is 6. The number of anilines is 1. The van der Waals surface area contributed by atoms with Crippen molar-refractivity contribution in [2.24, 2.45) is 5.92 Å².